The van der Waals surface area contributed by atoms with Crippen LogP contribution in [-0.4, -0.2) is 18.4 Å². The molecule has 3 rings (SSSR count). The smallest absolute Gasteiger partial charge is 0.239 e. The van der Waals surface area contributed by atoms with Crippen molar-refractivity contribution >= 4 is 34.8 Å². The molecule has 0 unspecified atom stereocenters. The molecule has 0 bridgehead atoms. The third kappa shape index (κ3) is 3.35. The number of rotatable bonds is 3. The molecule has 118 valence electrons. The van der Waals surface area contributed by atoms with Gasteiger partial charge in [0.25, 0.3) is 0 Å². The van der Waals surface area contributed by atoms with Gasteiger partial charge >= 0.3 is 0 Å². The van der Waals surface area contributed by atoms with Crippen molar-refractivity contribution in [3.8, 4) is 0 Å². The van der Waals surface area contributed by atoms with Crippen LogP contribution in [0.2, 0.25) is 5.02 Å². The van der Waals surface area contributed by atoms with E-state index in [0.717, 1.165) is 5.69 Å². The van der Waals surface area contributed by atoms with Crippen LogP contribution in [-0.2, 0) is 9.59 Å². The number of carbonyl (C=O) groups excluding carboxylic acids is 2. The Labute approximate surface area is 137 Å². The van der Waals surface area contributed by atoms with Gasteiger partial charge in [0, 0.05) is 22.9 Å². The zero-order chi connectivity index (χ0) is 16.4. The number of nitrogens with zero attached hydrogens (tertiary/aromatic N) is 1. The predicted molar refractivity (Wildman–Crippen MR) is 86.9 cm³/mol. The van der Waals surface area contributed by atoms with Gasteiger partial charge in [-0.05, 0) is 55.0 Å². The number of nitrogens with one attached hydrogen (secondary N) is 1. The van der Waals surface area contributed by atoms with Crippen LogP contribution in [0.25, 0.3) is 0 Å². The van der Waals surface area contributed by atoms with Gasteiger partial charge in [-0.1, -0.05) is 11.6 Å². The summed E-state index contributed by atoms with van der Waals surface area (Å²) in [5, 5.41) is 3.24. The fourth-order valence-electron chi connectivity index (χ4n) is 2.56. The fourth-order valence-corrected chi connectivity index (χ4v) is 2.69. The highest BCUT2D eigenvalue weighted by Crippen LogP contribution is 2.27. The second-order valence-electron chi connectivity index (χ2n) is 5.30. The van der Waals surface area contributed by atoms with E-state index in [1.165, 1.54) is 24.3 Å². The van der Waals surface area contributed by atoms with Gasteiger partial charge in [-0.2, -0.15) is 0 Å². The van der Waals surface area contributed by atoms with Crippen molar-refractivity contribution in [1.29, 1.82) is 0 Å². The van der Waals surface area contributed by atoms with E-state index >= 15 is 0 Å². The molecular formula is C17H14ClFN2O2. The van der Waals surface area contributed by atoms with E-state index in [-0.39, 0.29) is 17.6 Å². The maximum atomic E-state index is 12.9. The summed E-state index contributed by atoms with van der Waals surface area (Å²) in [4.78, 5) is 26.3. The Morgan fingerprint density at radius 3 is 2.43 bits per heavy atom. The normalized spacial score (nSPS) is 17.4. The van der Waals surface area contributed by atoms with Crippen molar-refractivity contribution in [1.82, 2.24) is 0 Å². The average molecular weight is 333 g/mol. The number of anilines is 2. The average Bonchev–Trinajstić information content (AvgIpc) is 2.92. The Morgan fingerprint density at radius 1 is 1.13 bits per heavy atom. The minimum atomic E-state index is -0.740. The minimum Gasteiger partial charge on any atom is -0.325 e. The van der Waals surface area contributed by atoms with Crippen LogP contribution in [0.4, 0.5) is 15.8 Å². The summed E-state index contributed by atoms with van der Waals surface area (Å²) < 4.78 is 12.9. The lowest BCUT2D eigenvalue weighted by Crippen LogP contribution is -2.33. The van der Waals surface area contributed by atoms with Gasteiger partial charge in [0.2, 0.25) is 11.8 Å². The van der Waals surface area contributed by atoms with Crippen LogP contribution in [0.1, 0.15) is 6.42 Å². The van der Waals surface area contributed by atoms with E-state index in [0.29, 0.717) is 23.7 Å². The molecule has 4 nitrogen and oxygen atoms in total. The van der Waals surface area contributed by atoms with Crippen LogP contribution in [0.5, 0.6) is 0 Å². The summed E-state index contributed by atoms with van der Waals surface area (Å²) in [5.74, 6) is -1.74. The van der Waals surface area contributed by atoms with Crippen molar-refractivity contribution in [2.24, 2.45) is 5.92 Å². The number of amides is 2. The largest absolute Gasteiger partial charge is 0.325 e. The topological polar surface area (TPSA) is 49.4 Å². The highest BCUT2D eigenvalue weighted by Gasteiger charge is 2.37. The zero-order valence-corrected chi connectivity index (χ0v) is 12.9. The number of hydrogen-bond acceptors (Lipinski definition) is 2. The lowest BCUT2D eigenvalue weighted by molar-refractivity contribution is -0.129. The van der Waals surface area contributed by atoms with Gasteiger partial charge in [0.05, 0.1) is 0 Å². The summed E-state index contributed by atoms with van der Waals surface area (Å²) in [7, 11) is 0. The second kappa shape index (κ2) is 6.38. The molecule has 1 saturated heterocycles. The van der Waals surface area contributed by atoms with Crippen LogP contribution in [0.3, 0.4) is 0 Å². The molecule has 6 heteroatoms. The van der Waals surface area contributed by atoms with Crippen LogP contribution in [0, 0.1) is 11.7 Å². The standard InChI is InChI=1S/C17H14ClFN2O2/c18-11-1-7-14(8-2-11)21-10-9-15(17(21)23)16(22)20-13-5-3-12(19)4-6-13/h1-8,15H,9-10H2,(H,20,22)/t15-/m1/s1. The summed E-state index contributed by atoms with van der Waals surface area (Å²) in [6.45, 7) is 0.474. The van der Waals surface area contributed by atoms with Crippen molar-refractivity contribution in [3.05, 3.63) is 59.4 Å². The number of hydrogen-bond donors (Lipinski definition) is 1. The maximum Gasteiger partial charge on any atom is 0.239 e. The van der Waals surface area contributed by atoms with Gasteiger partial charge in [-0.25, -0.2) is 4.39 Å². The first kappa shape index (κ1) is 15.5. The molecule has 1 N–H and O–H groups in total. The Balaban J connectivity index is 1.69. The SMILES string of the molecule is O=C(Nc1ccc(F)cc1)[C@H]1CCN(c2ccc(Cl)cc2)C1=O. The molecule has 0 spiro atoms. The van der Waals surface area contributed by atoms with E-state index in [9.17, 15) is 14.0 Å². The van der Waals surface area contributed by atoms with Gasteiger partial charge in [-0.3, -0.25) is 9.59 Å². The predicted octanol–water partition coefficient (Wildman–Crippen LogP) is 3.47. The van der Waals surface area contributed by atoms with Crippen LogP contribution in [0.15, 0.2) is 48.5 Å². The summed E-state index contributed by atoms with van der Waals surface area (Å²) in [6.07, 6.45) is 0.439. The summed E-state index contributed by atoms with van der Waals surface area (Å²) in [6, 6.07) is 12.3. The molecule has 1 atom stereocenters. The molecule has 0 radical (unpaired) electrons. The first-order chi connectivity index (χ1) is 11.0. The van der Waals surface area contributed by atoms with Crippen molar-refractivity contribution in [2.45, 2.75) is 6.42 Å². The van der Waals surface area contributed by atoms with Crippen molar-refractivity contribution < 1.29 is 14.0 Å². The van der Waals surface area contributed by atoms with Crippen molar-refractivity contribution in [2.75, 3.05) is 16.8 Å². The summed E-state index contributed by atoms with van der Waals surface area (Å²) in [5.41, 5.74) is 1.19. The third-order valence-corrected chi connectivity index (χ3v) is 4.02. The second-order valence-corrected chi connectivity index (χ2v) is 5.74. The molecule has 1 fully saturated rings. The lowest BCUT2D eigenvalue weighted by Gasteiger charge is -2.16. The molecule has 2 aromatic carbocycles. The fraction of sp³-hybridized carbons (Fsp3) is 0.176. The number of halogens is 2. The first-order valence-corrected chi connectivity index (χ1v) is 7.56. The zero-order valence-electron chi connectivity index (χ0n) is 12.1. The Kier molecular flexibility index (Phi) is 4.30. The molecule has 0 aliphatic carbocycles. The third-order valence-electron chi connectivity index (χ3n) is 3.77. The number of carbonyl (C=O) groups is 2. The Hall–Kier alpha value is -2.40. The van der Waals surface area contributed by atoms with E-state index in [4.69, 9.17) is 11.6 Å². The van der Waals surface area contributed by atoms with E-state index in [2.05, 4.69) is 5.32 Å². The van der Waals surface area contributed by atoms with Crippen LogP contribution >= 0.6 is 11.6 Å². The maximum absolute atomic E-state index is 12.9. The van der Waals surface area contributed by atoms with Crippen LogP contribution < -0.4 is 10.2 Å². The molecule has 0 aromatic heterocycles. The molecule has 2 aromatic rings. The molecular weight excluding hydrogens is 319 g/mol. The van der Waals surface area contributed by atoms with E-state index in [1.807, 2.05) is 0 Å². The molecule has 23 heavy (non-hydrogen) atoms. The van der Waals surface area contributed by atoms with Gasteiger partial charge in [0.15, 0.2) is 0 Å². The quantitative estimate of drug-likeness (QED) is 0.875. The molecule has 1 aliphatic heterocycles. The van der Waals surface area contributed by atoms with Gasteiger partial charge in [-0.15, -0.1) is 0 Å². The molecule has 1 aliphatic rings. The Morgan fingerprint density at radius 2 is 1.78 bits per heavy atom. The van der Waals surface area contributed by atoms with E-state index < -0.39 is 5.92 Å². The molecule has 2 amide bonds. The van der Waals surface area contributed by atoms with Gasteiger partial charge < -0.3 is 10.2 Å². The Bertz CT molecular complexity index is 731. The monoisotopic (exact) mass is 332 g/mol. The highest BCUT2D eigenvalue weighted by atomic mass is 35.5. The first-order valence-electron chi connectivity index (χ1n) is 7.18. The number of benzene rings is 2. The molecule has 1 heterocycles. The summed E-state index contributed by atoms with van der Waals surface area (Å²) >= 11 is 5.84. The van der Waals surface area contributed by atoms with Gasteiger partial charge in [0.1, 0.15) is 11.7 Å². The lowest BCUT2D eigenvalue weighted by atomic mass is 10.1. The highest BCUT2D eigenvalue weighted by molar-refractivity contribution is 6.30. The molecule has 0 saturated carbocycles. The minimum absolute atomic E-state index is 0.244. The van der Waals surface area contributed by atoms with E-state index in [1.54, 1.807) is 29.2 Å². The van der Waals surface area contributed by atoms with Crippen molar-refractivity contribution in [3.63, 3.8) is 0 Å².